The van der Waals surface area contributed by atoms with Gasteiger partial charge in [0.15, 0.2) is 0 Å². The number of nitrogens with one attached hydrogen (secondary N) is 1. The Morgan fingerprint density at radius 1 is 1.44 bits per heavy atom. The fourth-order valence-electron chi connectivity index (χ4n) is 1.86. The van der Waals surface area contributed by atoms with Crippen molar-refractivity contribution in [3.05, 3.63) is 36.3 Å². The highest BCUT2D eigenvalue weighted by atomic mass is 16.1. The summed E-state index contributed by atoms with van der Waals surface area (Å²) in [6, 6.07) is 5.92. The van der Waals surface area contributed by atoms with Crippen molar-refractivity contribution in [1.29, 1.82) is 0 Å². The molecular weight excluding hydrogens is 226 g/mol. The number of carbonyl (C=O) groups is 1. The molecular formula is C14H19N3O. The highest BCUT2D eigenvalue weighted by molar-refractivity contribution is 5.75. The average molecular weight is 245 g/mol. The molecule has 4 heteroatoms. The quantitative estimate of drug-likeness (QED) is 0.848. The molecule has 2 rings (SSSR count). The molecule has 2 aromatic rings. The van der Waals surface area contributed by atoms with Crippen molar-refractivity contribution in [2.45, 2.75) is 32.6 Å². The summed E-state index contributed by atoms with van der Waals surface area (Å²) in [7, 11) is 0. The van der Waals surface area contributed by atoms with Gasteiger partial charge in [0, 0.05) is 31.8 Å². The van der Waals surface area contributed by atoms with E-state index < -0.39 is 0 Å². The molecule has 96 valence electrons. The number of nitrogens with zero attached hydrogens (tertiary/aromatic N) is 2. The molecule has 0 saturated carbocycles. The molecule has 0 aliphatic heterocycles. The molecule has 0 aliphatic carbocycles. The second-order valence-electron chi connectivity index (χ2n) is 4.40. The lowest BCUT2D eigenvalue weighted by Gasteiger charge is -2.02. The molecule has 0 aromatic carbocycles. The normalized spacial score (nSPS) is 10.7. The molecule has 1 amide bonds. The number of aromatic nitrogens is 2. The molecule has 0 bridgehead atoms. The summed E-state index contributed by atoms with van der Waals surface area (Å²) in [5.74, 6) is 0.139. The third-order valence-corrected chi connectivity index (χ3v) is 2.87. The molecule has 18 heavy (non-hydrogen) atoms. The van der Waals surface area contributed by atoms with Crippen molar-refractivity contribution in [2.75, 3.05) is 6.54 Å². The summed E-state index contributed by atoms with van der Waals surface area (Å²) in [6.45, 7) is 2.75. The van der Waals surface area contributed by atoms with E-state index in [2.05, 4.69) is 17.2 Å². The Labute approximate surface area is 107 Å². The lowest BCUT2D eigenvalue weighted by atomic mass is 10.2. The second-order valence-corrected chi connectivity index (χ2v) is 4.40. The van der Waals surface area contributed by atoms with Crippen molar-refractivity contribution in [1.82, 2.24) is 14.7 Å². The molecule has 0 saturated heterocycles. The van der Waals surface area contributed by atoms with Crippen molar-refractivity contribution < 1.29 is 4.79 Å². The zero-order chi connectivity index (χ0) is 12.8. The highest BCUT2D eigenvalue weighted by Crippen LogP contribution is 2.04. The van der Waals surface area contributed by atoms with E-state index in [1.54, 1.807) is 0 Å². The van der Waals surface area contributed by atoms with Gasteiger partial charge in [0.2, 0.25) is 5.91 Å². The molecule has 4 nitrogen and oxygen atoms in total. The predicted molar refractivity (Wildman–Crippen MR) is 71.4 cm³/mol. The van der Waals surface area contributed by atoms with Crippen molar-refractivity contribution in [3.63, 3.8) is 0 Å². The van der Waals surface area contributed by atoms with Crippen molar-refractivity contribution in [2.24, 2.45) is 0 Å². The number of fused-ring (bicyclic) bond motifs is 1. The standard InChI is InChI=1S/C14H19N3O/c1-2-3-7-14(18)15-9-8-12-11-17-10-5-4-6-13(17)16-12/h4-6,10-11H,2-3,7-9H2,1H3,(H,15,18). The Hall–Kier alpha value is -1.84. The summed E-state index contributed by atoms with van der Waals surface area (Å²) < 4.78 is 1.99. The number of imidazole rings is 1. The van der Waals surface area contributed by atoms with E-state index in [9.17, 15) is 4.79 Å². The topological polar surface area (TPSA) is 46.4 Å². The van der Waals surface area contributed by atoms with Crippen LogP contribution in [-0.4, -0.2) is 21.8 Å². The molecule has 0 radical (unpaired) electrons. The van der Waals surface area contributed by atoms with Gasteiger partial charge in [0.1, 0.15) is 5.65 Å². The van der Waals surface area contributed by atoms with Crippen LogP contribution in [-0.2, 0) is 11.2 Å². The van der Waals surface area contributed by atoms with Gasteiger partial charge >= 0.3 is 0 Å². The lowest BCUT2D eigenvalue weighted by Crippen LogP contribution is -2.25. The zero-order valence-electron chi connectivity index (χ0n) is 10.7. The third kappa shape index (κ3) is 3.32. The van der Waals surface area contributed by atoms with Crippen LogP contribution in [0.5, 0.6) is 0 Å². The van der Waals surface area contributed by atoms with Gasteiger partial charge in [-0.05, 0) is 18.6 Å². The van der Waals surface area contributed by atoms with Gasteiger partial charge in [-0.1, -0.05) is 19.4 Å². The molecule has 0 unspecified atom stereocenters. The van der Waals surface area contributed by atoms with E-state index in [1.807, 2.05) is 35.0 Å². The van der Waals surface area contributed by atoms with Crippen LogP contribution in [0.25, 0.3) is 5.65 Å². The van der Waals surface area contributed by atoms with Crippen LogP contribution in [0.3, 0.4) is 0 Å². The maximum atomic E-state index is 11.4. The maximum Gasteiger partial charge on any atom is 0.220 e. The van der Waals surface area contributed by atoms with Gasteiger partial charge in [0.25, 0.3) is 0 Å². The molecule has 2 heterocycles. The number of carbonyl (C=O) groups excluding carboxylic acids is 1. The number of pyridine rings is 1. The Morgan fingerprint density at radius 2 is 2.33 bits per heavy atom. The summed E-state index contributed by atoms with van der Waals surface area (Å²) in [5.41, 5.74) is 1.96. The van der Waals surface area contributed by atoms with E-state index in [0.29, 0.717) is 13.0 Å². The number of amides is 1. The number of hydrogen-bond acceptors (Lipinski definition) is 2. The predicted octanol–water partition coefficient (Wildman–Crippen LogP) is 2.18. The number of hydrogen-bond donors (Lipinski definition) is 1. The van der Waals surface area contributed by atoms with Crippen LogP contribution < -0.4 is 5.32 Å². The van der Waals surface area contributed by atoms with Gasteiger partial charge in [-0.3, -0.25) is 4.79 Å². The Kier molecular flexibility index (Phi) is 4.34. The Balaban J connectivity index is 1.81. The Bertz CT molecular complexity index is 485. The summed E-state index contributed by atoms with van der Waals surface area (Å²) in [4.78, 5) is 15.9. The molecule has 2 aromatic heterocycles. The first-order chi connectivity index (χ1) is 8.79. The van der Waals surface area contributed by atoms with E-state index in [1.165, 1.54) is 0 Å². The molecule has 0 spiro atoms. The SMILES string of the molecule is CCCCC(=O)NCCc1cn2ccccc2n1. The van der Waals surface area contributed by atoms with Gasteiger partial charge < -0.3 is 9.72 Å². The van der Waals surface area contributed by atoms with Crippen LogP contribution >= 0.6 is 0 Å². The number of unbranched alkanes of at least 4 members (excludes halogenated alkanes) is 1. The van der Waals surface area contributed by atoms with Crippen LogP contribution in [0.4, 0.5) is 0 Å². The first-order valence-corrected chi connectivity index (χ1v) is 6.49. The maximum absolute atomic E-state index is 11.4. The van der Waals surface area contributed by atoms with Crippen LogP contribution in [0, 0.1) is 0 Å². The van der Waals surface area contributed by atoms with Gasteiger partial charge in [0.05, 0.1) is 5.69 Å². The molecule has 0 atom stereocenters. The van der Waals surface area contributed by atoms with E-state index in [-0.39, 0.29) is 5.91 Å². The van der Waals surface area contributed by atoms with Crippen LogP contribution in [0.2, 0.25) is 0 Å². The lowest BCUT2D eigenvalue weighted by molar-refractivity contribution is -0.121. The van der Waals surface area contributed by atoms with Crippen LogP contribution in [0.15, 0.2) is 30.6 Å². The van der Waals surface area contributed by atoms with Crippen molar-refractivity contribution in [3.8, 4) is 0 Å². The summed E-state index contributed by atoms with van der Waals surface area (Å²) in [5, 5.41) is 2.92. The smallest absolute Gasteiger partial charge is 0.220 e. The highest BCUT2D eigenvalue weighted by Gasteiger charge is 2.02. The first-order valence-electron chi connectivity index (χ1n) is 6.49. The van der Waals surface area contributed by atoms with E-state index in [4.69, 9.17) is 0 Å². The first kappa shape index (κ1) is 12.6. The fraction of sp³-hybridized carbons (Fsp3) is 0.429. The minimum atomic E-state index is 0.139. The monoisotopic (exact) mass is 245 g/mol. The van der Waals surface area contributed by atoms with Gasteiger partial charge in [-0.15, -0.1) is 0 Å². The van der Waals surface area contributed by atoms with Crippen molar-refractivity contribution >= 4 is 11.6 Å². The van der Waals surface area contributed by atoms with E-state index >= 15 is 0 Å². The van der Waals surface area contributed by atoms with Gasteiger partial charge in [-0.2, -0.15) is 0 Å². The minimum absolute atomic E-state index is 0.139. The average Bonchev–Trinajstić information content (AvgIpc) is 2.79. The minimum Gasteiger partial charge on any atom is -0.356 e. The number of rotatable bonds is 6. The molecule has 0 fully saturated rings. The van der Waals surface area contributed by atoms with E-state index in [0.717, 1.165) is 30.6 Å². The Morgan fingerprint density at radius 3 is 3.11 bits per heavy atom. The largest absolute Gasteiger partial charge is 0.356 e. The second kappa shape index (κ2) is 6.19. The summed E-state index contributed by atoms with van der Waals surface area (Å²) in [6.07, 6.45) is 7.40. The zero-order valence-corrected chi connectivity index (χ0v) is 10.7. The molecule has 0 aliphatic rings. The third-order valence-electron chi connectivity index (χ3n) is 2.87. The van der Waals surface area contributed by atoms with Crippen LogP contribution in [0.1, 0.15) is 31.9 Å². The molecule has 1 N–H and O–H groups in total. The fourth-order valence-corrected chi connectivity index (χ4v) is 1.86. The van der Waals surface area contributed by atoms with Gasteiger partial charge in [-0.25, -0.2) is 4.98 Å². The summed E-state index contributed by atoms with van der Waals surface area (Å²) >= 11 is 0.